The first kappa shape index (κ1) is 9.84. The van der Waals surface area contributed by atoms with Crippen molar-refractivity contribution >= 4 is 11.6 Å². The summed E-state index contributed by atoms with van der Waals surface area (Å²) in [6.45, 7) is 4.56. The van der Waals surface area contributed by atoms with Crippen LogP contribution in [0.3, 0.4) is 0 Å². The maximum atomic E-state index is 4.22. The Morgan fingerprint density at radius 3 is 2.81 bits per heavy atom. The summed E-state index contributed by atoms with van der Waals surface area (Å²) in [5.41, 5.74) is 0.517. The van der Waals surface area contributed by atoms with E-state index in [1.807, 2.05) is 19.2 Å². The van der Waals surface area contributed by atoms with E-state index in [0.717, 1.165) is 37.8 Å². The molecule has 5 heteroatoms. The van der Waals surface area contributed by atoms with Crippen molar-refractivity contribution in [3.05, 3.63) is 12.1 Å². The third kappa shape index (κ3) is 1.51. The third-order valence-electron chi connectivity index (χ3n) is 3.62. The fourth-order valence-corrected chi connectivity index (χ4v) is 2.62. The summed E-state index contributed by atoms with van der Waals surface area (Å²) in [4.78, 5) is 2.31. The van der Waals surface area contributed by atoms with Gasteiger partial charge in [-0.15, -0.1) is 10.2 Å². The first-order chi connectivity index (χ1) is 7.81. The molecule has 2 N–H and O–H groups in total. The SMILES string of the molecule is CNc1ccc(N2CC3(CCNC3)C2)nn1. The average Bonchev–Trinajstić information content (AvgIpc) is 2.76. The smallest absolute Gasteiger partial charge is 0.151 e. The predicted octanol–water partition coefficient (Wildman–Crippen LogP) is 0.318. The highest BCUT2D eigenvalue weighted by atomic mass is 15.3. The molecule has 3 rings (SSSR count). The van der Waals surface area contributed by atoms with Crippen LogP contribution in [-0.4, -0.2) is 43.4 Å². The lowest BCUT2D eigenvalue weighted by atomic mass is 9.79. The van der Waals surface area contributed by atoms with E-state index < -0.39 is 0 Å². The molecule has 5 nitrogen and oxygen atoms in total. The maximum absolute atomic E-state index is 4.22. The number of rotatable bonds is 2. The standard InChI is InChI=1S/C11H17N5/c1-12-9-2-3-10(15-14-9)16-7-11(8-16)4-5-13-6-11/h2-3,13H,4-8H2,1H3,(H,12,14). The summed E-state index contributed by atoms with van der Waals surface area (Å²) in [5, 5.41) is 14.7. The lowest BCUT2D eigenvalue weighted by Crippen LogP contribution is -2.57. The number of aromatic nitrogens is 2. The molecular weight excluding hydrogens is 202 g/mol. The minimum atomic E-state index is 0.517. The number of hydrogen-bond donors (Lipinski definition) is 2. The van der Waals surface area contributed by atoms with Gasteiger partial charge in [0.2, 0.25) is 0 Å². The molecule has 0 unspecified atom stereocenters. The van der Waals surface area contributed by atoms with E-state index in [0.29, 0.717) is 5.41 Å². The molecule has 2 aliphatic heterocycles. The minimum Gasteiger partial charge on any atom is -0.372 e. The lowest BCUT2D eigenvalue weighted by Gasteiger charge is -2.48. The summed E-state index contributed by atoms with van der Waals surface area (Å²) in [6, 6.07) is 4.01. The van der Waals surface area contributed by atoms with Crippen molar-refractivity contribution in [1.29, 1.82) is 0 Å². The summed E-state index contributed by atoms with van der Waals surface area (Å²) in [5.74, 6) is 1.82. The van der Waals surface area contributed by atoms with Crippen molar-refractivity contribution in [2.24, 2.45) is 5.41 Å². The van der Waals surface area contributed by atoms with Gasteiger partial charge >= 0.3 is 0 Å². The van der Waals surface area contributed by atoms with Crippen molar-refractivity contribution in [3.8, 4) is 0 Å². The summed E-state index contributed by atoms with van der Waals surface area (Å²) >= 11 is 0. The van der Waals surface area contributed by atoms with Crippen molar-refractivity contribution < 1.29 is 0 Å². The molecule has 0 radical (unpaired) electrons. The van der Waals surface area contributed by atoms with Crippen LogP contribution in [0.2, 0.25) is 0 Å². The van der Waals surface area contributed by atoms with Crippen molar-refractivity contribution in [2.75, 3.05) is 43.4 Å². The fraction of sp³-hybridized carbons (Fsp3) is 0.636. The second-order valence-corrected chi connectivity index (χ2v) is 4.81. The van der Waals surface area contributed by atoms with Crippen LogP contribution in [0.4, 0.5) is 11.6 Å². The van der Waals surface area contributed by atoms with Gasteiger partial charge in [-0.05, 0) is 25.1 Å². The Morgan fingerprint density at radius 2 is 2.25 bits per heavy atom. The van der Waals surface area contributed by atoms with Crippen LogP contribution in [-0.2, 0) is 0 Å². The molecule has 1 aromatic rings. The van der Waals surface area contributed by atoms with E-state index in [2.05, 4.69) is 25.7 Å². The van der Waals surface area contributed by atoms with E-state index in [-0.39, 0.29) is 0 Å². The topological polar surface area (TPSA) is 53.1 Å². The fourth-order valence-electron chi connectivity index (χ4n) is 2.62. The molecule has 0 bridgehead atoms. The molecule has 2 saturated heterocycles. The normalized spacial score (nSPS) is 22.2. The van der Waals surface area contributed by atoms with Gasteiger partial charge in [0.1, 0.15) is 5.82 Å². The highest BCUT2D eigenvalue weighted by Gasteiger charge is 2.45. The van der Waals surface area contributed by atoms with Gasteiger partial charge in [-0.25, -0.2) is 0 Å². The number of hydrogen-bond acceptors (Lipinski definition) is 5. The van der Waals surface area contributed by atoms with E-state index in [4.69, 9.17) is 0 Å². The molecule has 1 aromatic heterocycles. The van der Waals surface area contributed by atoms with Gasteiger partial charge in [-0.2, -0.15) is 0 Å². The largest absolute Gasteiger partial charge is 0.372 e. The molecule has 0 amide bonds. The average molecular weight is 219 g/mol. The molecule has 0 aromatic carbocycles. The Kier molecular flexibility index (Phi) is 2.21. The quantitative estimate of drug-likeness (QED) is 0.750. The number of nitrogens with one attached hydrogen (secondary N) is 2. The van der Waals surface area contributed by atoms with E-state index in [9.17, 15) is 0 Å². The second-order valence-electron chi connectivity index (χ2n) is 4.81. The zero-order valence-corrected chi connectivity index (χ0v) is 9.53. The summed E-state index contributed by atoms with van der Waals surface area (Å²) < 4.78 is 0. The third-order valence-corrected chi connectivity index (χ3v) is 3.62. The molecule has 2 fully saturated rings. The molecule has 3 heterocycles. The zero-order valence-electron chi connectivity index (χ0n) is 9.53. The van der Waals surface area contributed by atoms with E-state index >= 15 is 0 Å². The zero-order chi connectivity index (χ0) is 11.0. The molecule has 86 valence electrons. The molecule has 0 atom stereocenters. The molecule has 2 aliphatic rings. The maximum Gasteiger partial charge on any atom is 0.151 e. The first-order valence-corrected chi connectivity index (χ1v) is 5.79. The minimum absolute atomic E-state index is 0.517. The van der Waals surface area contributed by atoms with Gasteiger partial charge in [-0.3, -0.25) is 0 Å². The Bertz CT molecular complexity index is 360. The second kappa shape index (κ2) is 3.59. The molecule has 0 aliphatic carbocycles. The summed E-state index contributed by atoms with van der Waals surface area (Å²) in [6.07, 6.45) is 1.30. The number of nitrogens with zero attached hydrogens (tertiary/aromatic N) is 3. The van der Waals surface area contributed by atoms with E-state index in [1.54, 1.807) is 0 Å². The van der Waals surface area contributed by atoms with Crippen LogP contribution < -0.4 is 15.5 Å². The van der Waals surface area contributed by atoms with Gasteiger partial charge in [0.05, 0.1) is 0 Å². The molecule has 1 spiro atoms. The van der Waals surface area contributed by atoms with Gasteiger partial charge < -0.3 is 15.5 Å². The molecule has 0 saturated carbocycles. The Hall–Kier alpha value is -1.36. The van der Waals surface area contributed by atoms with Crippen LogP contribution in [0.1, 0.15) is 6.42 Å². The van der Waals surface area contributed by atoms with Crippen molar-refractivity contribution in [3.63, 3.8) is 0 Å². The highest BCUT2D eigenvalue weighted by molar-refractivity contribution is 5.46. The molecule has 16 heavy (non-hydrogen) atoms. The highest BCUT2D eigenvalue weighted by Crippen LogP contribution is 2.38. The van der Waals surface area contributed by atoms with Crippen LogP contribution in [0.5, 0.6) is 0 Å². The Labute approximate surface area is 95.2 Å². The van der Waals surface area contributed by atoms with Gasteiger partial charge in [0.25, 0.3) is 0 Å². The number of anilines is 2. The van der Waals surface area contributed by atoms with Crippen molar-refractivity contribution in [2.45, 2.75) is 6.42 Å². The van der Waals surface area contributed by atoms with Crippen LogP contribution in [0.15, 0.2) is 12.1 Å². The van der Waals surface area contributed by atoms with Crippen molar-refractivity contribution in [1.82, 2.24) is 15.5 Å². The predicted molar refractivity (Wildman–Crippen MR) is 63.7 cm³/mol. The van der Waals surface area contributed by atoms with Crippen LogP contribution in [0.25, 0.3) is 0 Å². The lowest BCUT2D eigenvalue weighted by molar-refractivity contribution is 0.241. The van der Waals surface area contributed by atoms with Gasteiger partial charge in [0.15, 0.2) is 5.82 Å². The Balaban J connectivity index is 1.66. The van der Waals surface area contributed by atoms with E-state index in [1.165, 1.54) is 6.42 Å². The first-order valence-electron chi connectivity index (χ1n) is 5.79. The summed E-state index contributed by atoms with van der Waals surface area (Å²) in [7, 11) is 1.85. The van der Waals surface area contributed by atoms with Gasteiger partial charge in [0, 0.05) is 32.1 Å². The van der Waals surface area contributed by atoms with Crippen LogP contribution in [0, 0.1) is 5.41 Å². The Morgan fingerprint density at radius 1 is 1.38 bits per heavy atom. The molecular formula is C11H17N5. The van der Waals surface area contributed by atoms with Gasteiger partial charge in [-0.1, -0.05) is 0 Å². The monoisotopic (exact) mass is 219 g/mol. The van der Waals surface area contributed by atoms with Crippen LogP contribution >= 0.6 is 0 Å².